The first-order chi connectivity index (χ1) is 12.1. The van der Waals surface area contributed by atoms with Crippen LogP contribution in [0.25, 0.3) is 5.69 Å². The first-order valence-electron chi connectivity index (χ1n) is 7.25. The Labute approximate surface area is 147 Å². The molecule has 0 saturated carbocycles. The number of aromatic hydroxyl groups is 1. The minimum absolute atomic E-state index is 0.212. The summed E-state index contributed by atoms with van der Waals surface area (Å²) in [5.74, 6) is -1.65. The van der Waals surface area contributed by atoms with Gasteiger partial charge < -0.3 is 5.11 Å². The molecule has 126 valence electrons. The van der Waals surface area contributed by atoms with Crippen LogP contribution < -0.4 is 10.9 Å². The number of nitrogens with one attached hydrogen (secondary N) is 2. The summed E-state index contributed by atoms with van der Waals surface area (Å²) in [5, 5.41) is 14.2. The van der Waals surface area contributed by atoms with Crippen LogP contribution in [0.4, 0.5) is 0 Å². The van der Waals surface area contributed by atoms with Crippen molar-refractivity contribution in [3.63, 3.8) is 0 Å². The molecule has 3 N–H and O–H groups in total. The van der Waals surface area contributed by atoms with Gasteiger partial charge in [-0.05, 0) is 24.3 Å². The maximum absolute atomic E-state index is 12.1. The lowest BCUT2D eigenvalue weighted by Gasteiger charge is -2.07. The van der Waals surface area contributed by atoms with Crippen LogP contribution in [0.15, 0.2) is 60.8 Å². The molecule has 2 amide bonds. The van der Waals surface area contributed by atoms with Gasteiger partial charge in [-0.3, -0.25) is 20.4 Å². The fourth-order valence-corrected chi connectivity index (χ4v) is 2.35. The van der Waals surface area contributed by atoms with Gasteiger partial charge in [-0.15, -0.1) is 0 Å². The number of rotatable bonds is 3. The van der Waals surface area contributed by atoms with Crippen LogP contribution in [0.2, 0.25) is 5.02 Å². The van der Waals surface area contributed by atoms with E-state index in [4.69, 9.17) is 11.6 Å². The summed E-state index contributed by atoms with van der Waals surface area (Å²) in [6.07, 6.45) is 1.31. The number of halogens is 1. The standard InChI is InChI=1S/C17H13ClN4O3/c18-13-9-5-4-8-12(13)16(24)19-20-17(25)15-14(23)10-22(21-15)11-6-2-1-3-7-11/h1-10,23H,(H,19,24)(H,20,25). The normalized spacial score (nSPS) is 10.3. The maximum Gasteiger partial charge on any atom is 0.294 e. The summed E-state index contributed by atoms with van der Waals surface area (Å²) in [4.78, 5) is 24.2. The average Bonchev–Trinajstić information content (AvgIpc) is 3.02. The number of hydrogen-bond donors (Lipinski definition) is 3. The largest absolute Gasteiger partial charge is 0.504 e. The third kappa shape index (κ3) is 3.61. The van der Waals surface area contributed by atoms with E-state index in [-0.39, 0.29) is 22.0 Å². The Morgan fingerprint density at radius 2 is 1.60 bits per heavy atom. The second-order valence-electron chi connectivity index (χ2n) is 5.03. The molecular weight excluding hydrogens is 344 g/mol. The molecule has 0 aliphatic rings. The van der Waals surface area contributed by atoms with Gasteiger partial charge in [-0.2, -0.15) is 5.10 Å². The van der Waals surface area contributed by atoms with Gasteiger partial charge in [-0.25, -0.2) is 4.68 Å². The van der Waals surface area contributed by atoms with Crippen molar-refractivity contribution in [2.45, 2.75) is 0 Å². The molecule has 8 heteroatoms. The average molecular weight is 357 g/mol. The number of para-hydroxylation sites is 1. The van der Waals surface area contributed by atoms with Crippen molar-refractivity contribution in [1.29, 1.82) is 0 Å². The van der Waals surface area contributed by atoms with Gasteiger partial charge in [0.1, 0.15) is 0 Å². The zero-order valence-electron chi connectivity index (χ0n) is 12.8. The van der Waals surface area contributed by atoms with E-state index in [2.05, 4.69) is 16.0 Å². The highest BCUT2D eigenvalue weighted by Gasteiger charge is 2.18. The summed E-state index contributed by atoms with van der Waals surface area (Å²) in [6.45, 7) is 0. The lowest BCUT2D eigenvalue weighted by atomic mass is 10.2. The molecule has 1 heterocycles. The Balaban J connectivity index is 1.71. The first kappa shape index (κ1) is 16.5. The fraction of sp³-hybridized carbons (Fsp3) is 0. The minimum Gasteiger partial charge on any atom is -0.504 e. The molecular formula is C17H13ClN4O3. The lowest BCUT2D eigenvalue weighted by Crippen LogP contribution is -2.42. The van der Waals surface area contributed by atoms with Crippen molar-refractivity contribution in [3.05, 3.63) is 77.1 Å². The van der Waals surface area contributed by atoms with Gasteiger partial charge >= 0.3 is 0 Å². The van der Waals surface area contributed by atoms with Crippen LogP contribution in [0.3, 0.4) is 0 Å². The van der Waals surface area contributed by atoms with E-state index in [0.717, 1.165) is 0 Å². The lowest BCUT2D eigenvalue weighted by molar-refractivity contribution is 0.0842. The Morgan fingerprint density at radius 1 is 0.960 bits per heavy atom. The Hall–Kier alpha value is -3.32. The molecule has 0 aliphatic heterocycles. The van der Waals surface area contributed by atoms with E-state index in [1.54, 1.807) is 42.5 Å². The molecule has 0 atom stereocenters. The van der Waals surface area contributed by atoms with Crippen LogP contribution in [0, 0.1) is 0 Å². The monoisotopic (exact) mass is 356 g/mol. The highest BCUT2D eigenvalue weighted by molar-refractivity contribution is 6.33. The van der Waals surface area contributed by atoms with Crippen LogP contribution in [-0.2, 0) is 0 Å². The summed E-state index contributed by atoms with van der Waals surface area (Å²) in [5.41, 5.74) is 5.10. The second kappa shape index (κ2) is 7.06. The van der Waals surface area contributed by atoms with Gasteiger partial charge in [0.25, 0.3) is 11.8 Å². The molecule has 0 fully saturated rings. The summed E-state index contributed by atoms with van der Waals surface area (Å²) in [6, 6.07) is 15.4. The Morgan fingerprint density at radius 3 is 2.32 bits per heavy atom. The van der Waals surface area contributed by atoms with E-state index in [1.165, 1.54) is 16.9 Å². The number of nitrogens with zero attached hydrogens (tertiary/aromatic N) is 2. The van der Waals surface area contributed by atoms with Crippen molar-refractivity contribution in [1.82, 2.24) is 20.6 Å². The zero-order valence-corrected chi connectivity index (χ0v) is 13.6. The molecule has 0 saturated heterocycles. The van der Waals surface area contributed by atoms with Crippen LogP contribution in [0.1, 0.15) is 20.8 Å². The smallest absolute Gasteiger partial charge is 0.294 e. The van der Waals surface area contributed by atoms with Crippen molar-refractivity contribution in [2.75, 3.05) is 0 Å². The fourth-order valence-electron chi connectivity index (χ4n) is 2.12. The highest BCUT2D eigenvalue weighted by Crippen LogP contribution is 2.18. The Bertz CT molecular complexity index is 925. The highest BCUT2D eigenvalue weighted by atomic mass is 35.5. The predicted molar refractivity (Wildman–Crippen MR) is 91.6 cm³/mol. The number of carbonyl (C=O) groups excluding carboxylic acids is 2. The SMILES string of the molecule is O=C(NNC(=O)c1nn(-c2ccccc2)cc1O)c1ccccc1Cl. The van der Waals surface area contributed by atoms with E-state index in [1.807, 2.05) is 6.07 Å². The second-order valence-corrected chi connectivity index (χ2v) is 5.44. The zero-order chi connectivity index (χ0) is 17.8. The molecule has 0 spiro atoms. The van der Waals surface area contributed by atoms with Gasteiger partial charge in [0.15, 0.2) is 11.4 Å². The molecule has 0 bridgehead atoms. The quantitative estimate of drug-likeness (QED) is 0.627. The molecule has 0 radical (unpaired) electrons. The van der Waals surface area contributed by atoms with Gasteiger partial charge in [-0.1, -0.05) is 41.9 Å². The summed E-state index contributed by atoms with van der Waals surface area (Å²) < 4.78 is 1.36. The maximum atomic E-state index is 12.1. The number of benzene rings is 2. The molecule has 7 nitrogen and oxygen atoms in total. The summed E-state index contributed by atoms with van der Waals surface area (Å²) >= 11 is 5.92. The molecule has 2 aromatic carbocycles. The third-order valence-corrected chi connectivity index (χ3v) is 3.67. The first-order valence-corrected chi connectivity index (χ1v) is 7.63. The molecule has 0 aliphatic carbocycles. The topological polar surface area (TPSA) is 96.3 Å². The molecule has 1 aromatic heterocycles. The van der Waals surface area contributed by atoms with Gasteiger partial charge in [0.2, 0.25) is 0 Å². The van der Waals surface area contributed by atoms with E-state index >= 15 is 0 Å². The number of amides is 2. The van der Waals surface area contributed by atoms with Gasteiger partial charge in [0.05, 0.1) is 22.5 Å². The number of hydrazine groups is 1. The Kier molecular flexibility index (Phi) is 4.67. The molecule has 3 aromatic rings. The van der Waals surface area contributed by atoms with Crippen LogP contribution in [0.5, 0.6) is 5.75 Å². The van der Waals surface area contributed by atoms with E-state index in [0.29, 0.717) is 5.69 Å². The summed E-state index contributed by atoms with van der Waals surface area (Å²) in [7, 11) is 0. The number of hydrogen-bond acceptors (Lipinski definition) is 4. The minimum atomic E-state index is -0.757. The molecule has 25 heavy (non-hydrogen) atoms. The van der Waals surface area contributed by atoms with E-state index < -0.39 is 11.8 Å². The van der Waals surface area contributed by atoms with Crippen LogP contribution in [-0.4, -0.2) is 26.7 Å². The number of carbonyl (C=O) groups is 2. The van der Waals surface area contributed by atoms with Crippen molar-refractivity contribution >= 4 is 23.4 Å². The molecule has 3 rings (SSSR count). The van der Waals surface area contributed by atoms with Crippen molar-refractivity contribution in [2.24, 2.45) is 0 Å². The van der Waals surface area contributed by atoms with Crippen molar-refractivity contribution in [3.8, 4) is 11.4 Å². The predicted octanol–water partition coefficient (Wildman–Crippen LogP) is 2.31. The molecule has 0 unspecified atom stereocenters. The number of aromatic nitrogens is 2. The van der Waals surface area contributed by atoms with Crippen molar-refractivity contribution < 1.29 is 14.7 Å². The van der Waals surface area contributed by atoms with Crippen LogP contribution >= 0.6 is 11.6 Å². The third-order valence-electron chi connectivity index (χ3n) is 3.34. The van der Waals surface area contributed by atoms with E-state index in [9.17, 15) is 14.7 Å². The van der Waals surface area contributed by atoms with Gasteiger partial charge in [0, 0.05) is 0 Å².